The standard InChI is InChI=1S/C10H5ClN2O2S/c11-13-3-1-2-5-4-6(10(14)15)7-9(8(5)13)16-12-7/h1-4H,(H,14,15). The van der Waals surface area contributed by atoms with Gasteiger partial charge in [-0.1, -0.05) is 6.07 Å². The van der Waals surface area contributed by atoms with Gasteiger partial charge in [-0.05, 0) is 23.7 Å². The van der Waals surface area contributed by atoms with Gasteiger partial charge in [0.1, 0.15) is 5.52 Å². The number of benzene rings is 1. The Labute approximate surface area is 99.0 Å². The van der Waals surface area contributed by atoms with Crippen molar-refractivity contribution in [3.05, 3.63) is 30.0 Å². The summed E-state index contributed by atoms with van der Waals surface area (Å²) >= 11 is 7.28. The van der Waals surface area contributed by atoms with Crippen LogP contribution in [0.1, 0.15) is 10.4 Å². The van der Waals surface area contributed by atoms with Crippen molar-refractivity contribution in [2.45, 2.75) is 0 Å². The second-order valence-electron chi connectivity index (χ2n) is 3.35. The molecule has 3 rings (SSSR count). The fourth-order valence-electron chi connectivity index (χ4n) is 1.69. The van der Waals surface area contributed by atoms with E-state index >= 15 is 0 Å². The molecule has 1 N–H and O–H groups in total. The number of pyridine rings is 1. The molecule has 3 aromatic rings. The van der Waals surface area contributed by atoms with Crippen molar-refractivity contribution >= 4 is 50.4 Å². The molecule has 0 amide bonds. The molecule has 0 atom stereocenters. The van der Waals surface area contributed by atoms with Crippen LogP contribution in [0, 0.1) is 0 Å². The minimum atomic E-state index is -0.966. The number of halogens is 1. The van der Waals surface area contributed by atoms with E-state index in [-0.39, 0.29) is 5.56 Å². The molecular weight excluding hydrogens is 248 g/mol. The first kappa shape index (κ1) is 9.62. The minimum Gasteiger partial charge on any atom is -0.478 e. The topological polar surface area (TPSA) is 55.1 Å². The fourth-order valence-corrected chi connectivity index (χ4v) is 2.78. The van der Waals surface area contributed by atoms with Crippen LogP contribution in [0.15, 0.2) is 24.4 Å². The molecule has 1 aromatic carbocycles. The van der Waals surface area contributed by atoms with E-state index in [4.69, 9.17) is 16.9 Å². The number of rotatable bonds is 1. The van der Waals surface area contributed by atoms with Gasteiger partial charge in [0.25, 0.3) is 0 Å². The van der Waals surface area contributed by atoms with Crippen LogP contribution in [0.5, 0.6) is 0 Å². The Balaban J connectivity index is 2.53. The molecule has 80 valence electrons. The van der Waals surface area contributed by atoms with Crippen LogP contribution in [0.25, 0.3) is 21.1 Å². The zero-order chi connectivity index (χ0) is 11.3. The lowest BCUT2D eigenvalue weighted by Crippen LogP contribution is -2.01. The van der Waals surface area contributed by atoms with Crippen LogP contribution in [-0.4, -0.2) is 19.5 Å². The number of aromatic carboxylic acids is 1. The van der Waals surface area contributed by atoms with Crippen molar-refractivity contribution in [2.75, 3.05) is 0 Å². The van der Waals surface area contributed by atoms with Gasteiger partial charge in [0.2, 0.25) is 0 Å². The van der Waals surface area contributed by atoms with E-state index < -0.39 is 5.97 Å². The summed E-state index contributed by atoms with van der Waals surface area (Å²) in [6.07, 6.45) is 1.71. The smallest absolute Gasteiger partial charge is 0.338 e. The summed E-state index contributed by atoms with van der Waals surface area (Å²) in [7, 11) is 0. The van der Waals surface area contributed by atoms with Gasteiger partial charge in [0.15, 0.2) is 0 Å². The lowest BCUT2D eigenvalue weighted by Gasteiger charge is -2.09. The lowest BCUT2D eigenvalue weighted by molar-refractivity contribution is 0.0699. The maximum atomic E-state index is 11.0. The average Bonchev–Trinajstić information content (AvgIpc) is 2.18. The summed E-state index contributed by atoms with van der Waals surface area (Å²) in [5.41, 5.74) is 1.55. The summed E-state index contributed by atoms with van der Waals surface area (Å²) < 4.78 is 6.29. The first-order chi connectivity index (χ1) is 7.68. The van der Waals surface area contributed by atoms with E-state index in [2.05, 4.69) is 4.37 Å². The second-order valence-corrected chi connectivity index (χ2v) is 4.48. The first-order valence-corrected chi connectivity index (χ1v) is 5.58. The first-order valence-electron chi connectivity index (χ1n) is 4.47. The van der Waals surface area contributed by atoms with Crippen LogP contribution in [0.4, 0.5) is 0 Å². The minimum absolute atomic E-state index is 0.226. The molecule has 0 fully saturated rings. The summed E-state index contributed by atoms with van der Waals surface area (Å²) in [4.78, 5) is 11.0. The van der Waals surface area contributed by atoms with Crippen LogP contribution in [-0.2, 0) is 0 Å². The highest BCUT2D eigenvalue weighted by atomic mass is 35.5. The summed E-state index contributed by atoms with van der Waals surface area (Å²) in [5, 5.41) is 9.85. The summed E-state index contributed by atoms with van der Waals surface area (Å²) in [5.74, 6) is -0.966. The Bertz CT molecular complexity index is 711. The number of fused-ring (bicyclic) bond motifs is 3. The van der Waals surface area contributed by atoms with Gasteiger partial charge >= 0.3 is 5.97 Å². The van der Waals surface area contributed by atoms with E-state index in [1.54, 1.807) is 18.3 Å². The summed E-state index contributed by atoms with van der Waals surface area (Å²) in [6, 6.07) is 5.20. The molecule has 0 aliphatic heterocycles. The third-order valence-electron chi connectivity index (χ3n) is 2.42. The number of nitrogens with zero attached hydrogens (tertiary/aromatic N) is 2. The molecule has 0 unspecified atom stereocenters. The molecule has 0 bridgehead atoms. The number of carbonyl (C=O) groups is 1. The molecule has 0 aliphatic carbocycles. The van der Waals surface area contributed by atoms with Crippen molar-refractivity contribution < 1.29 is 9.90 Å². The average molecular weight is 253 g/mol. The number of carboxylic acid groups (broad SMARTS) is 1. The molecule has 2 aromatic heterocycles. The molecule has 0 aliphatic rings. The Hall–Kier alpha value is -1.59. The Kier molecular flexibility index (Phi) is 1.92. The Morgan fingerprint density at radius 1 is 1.56 bits per heavy atom. The molecular formula is C10H5ClN2O2S. The molecule has 0 saturated heterocycles. The molecule has 0 radical (unpaired) electrons. The van der Waals surface area contributed by atoms with E-state index in [1.807, 2.05) is 6.07 Å². The highest BCUT2D eigenvalue weighted by molar-refractivity contribution is 7.16. The number of hydrogen-bond donors (Lipinski definition) is 1. The van der Waals surface area contributed by atoms with E-state index in [0.717, 1.165) is 15.6 Å². The van der Waals surface area contributed by atoms with Crippen LogP contribution >= 0.6 is 23.3 Å². The largest absolute Gasteiger partial charge is 0.478 e. The van der Waals surface area contributed by atoms with E-state index in [1.165, 1.54) is 15.6 Å². The molecule has 4 nitrogen and oxygen atoms in total. The maximum absolute atomic E-state index is 11.0. The van der Waals surface area contributed by atoms with Gasteiger partial charge in [-0.25, -0.2) is 4.79 Å². The van der Waals surface area contributed by atoms with Crippen molar-refractivity contribution in [1.29, 1.82) is 0 Å². The van der Waals surface area contributed by atoms with Gasteiger partial charge in [-0.3, -0.25) is 4.09 Å². The van der Waals surface area contributed by atoms with Crippen LogP contribution in [0.2, 0.25) is 0 Å². The normalized spacial score (nSPS) is 11.3. The van der Waals surface area contributed by atoms with Gasteiger partial charge in [0.05, 0.1) is 15.8 Å². The number of aromatic nitrogens is 2. The number of hydrogen-bond acceptors (Lipinski definition) is 3. The quantitative estimate of drug-likeness (QED) is 0.724. The lowest BCUT2D eigenvalue weighted by atomic mass is 10.1. The zero-order valence-electron chi connectivity index (χ0n) is 7.85. The van der Waals surface area contributed by atoms with E-state index in [0.29, 0.717) is 5.52 Å². The van der Waals surface area contributed by atoms with E-state index in [9.17, 15) is 4.79 Å². The zero-order valence-corrected chi connectivity index (χ0v) is 9.42. The van der Waals surface area contributed by atoms with Crippen molar-refractivity contribution in [1.82, 2.24) is 8.46 Å². The highest BCUT2D eigenvalue weighted by Gasteiger charge is 2.17. The third-order valence-corrected chi connectivity index (χ3v) is 3.55. The van der Waals surface area contributed by atoms with Crippen LogP contribution in [0.3, 0.4) is 0 Å². The maximum Gasteiger partial charge on any atom is 0.338 e. The third kappa shape index (κ3) is 1.15. The van der Waals surface area contributed by atoms with Gasteiger partial charge in [-0.15, -0.1) is 0 Å². The molecule has 6 heteroatoms. The predicted molar refractivity (Wildman–Crippen MR) is 63.3 cm³/mol. The highest BCUT2D eigenvalue weighted by Crippen LogP contribution is 2.33. The molecule has 0 saturated carbocycles. The molecule has 16 heavy (non-hydrogen) atoms. The molecule has 0 spiro atoms. The van der Waals surface area contributed by atoms with Gasteiger partial charge < -0.3 is 5.11 Å². The van der Waals surface area contributed by atoms with Gasteiger partial charge in [-0.2, -0.15) is 4.37 Å². The van der Waals surface area contributed by atoms with Crippen molar-refractivity contribution in [2.24, 2.45) is 0 Å². The SMILES string of the molecule is O=C(O)c1cc2cccn(Cl)c2c2snc12. The van der Waals surface area contributed by atoms with Crippen molar-refractivity contribution in [3.8, 4) is 0 Å². The Morgan fingerprint density at radius 3 is 3.00 bits per heavy atom. The van der Waals surface area contributed by atoms with Crippen LogP contribution < -0.4 is 0 Å². The van der Waals surface area contributed by atoms with Gasteiger partial charge in [0, 0.05) is 23.4 Å². The monoisotopic (exact) mass is 252 g/mol. The number of carboxylic acids is 1. The Morgan fingerprint density at radius 2 is 2.38 bits per heavy atom. The summed E-state index contributed by atoms with van der Waals surface area (Å²) in [6.45, 7) is 0. The molecule has 2 heterocycles. The second kappa shape index (κ2) is 3.20. The fraction of sp³-hybridized carbons (Fsp3) is 0. The predicted octanol–water partition coefficient (Wildman–Crippen LogP) is 2.95. The van der Waals surface area contributed by atoms with Crippen molar-refractivity contribution in [3.63, 3.8) is 0 Å².